The van der Waals surface area contributed by atoms with Crippen molar-refractivity contribution in [2.75, 3.05) is 19.8 Å². The van der Waals surface area contributed by atoms with Crippen molar-refractivity contribution in [2.24, 2.45) is 0 Å². The minimum Gasteiger partial charge on any atom is -0.462 e. The highest BCUT2D eigenvalue weighted by Crippen LogP contribution is 2.22. The van der Waals surface area contributed by atoms with Crippen molar-refractivity contribution in [3.8, 4) is 0 Å². The summed E-state index contributed by atoms with van der Waals surface area (Å²) in [5.74, 6) is -0.809. The number of hydrogen-bond donors (Lipinski definition) is 4. The van der Waals surface area contributed by atoms with Crippen LogP contribution in [0.25, 0.3) is 0 Å². The summed E-state index contributed by atoms with van der Waals surface area (Å²) in [6.45, 7) is 3.35. The van der Waals surface area contributed by atoms with E-state index in [1.54, 1.807) is 0 Å². The third-order valence-electron chi connectivity index (χ3n) is 7.99. The van der Waals surface area contributed by atoms with Gasteiger partial charge < -0.3 is 39.4 Å². The summed E-state index contributed by atoms with van der Waals surface area (Å²) in [6, 6.07) is 0. The molecule has 1 unspecified atom stereocenters. The molecule has 1 rings (SSSR count). The van der Waals surface area contributed by atoms with Crippen molar-refractivity contribution in [2.45, 2.75) is 179 Å². The van der Waals surface area contributed by atoms with E-state index in [4.69, 9.17) is 18.9 Å². The van der Waals surface area contributed by atoms with Gasteiger partial charge in [0.1, 0.15) is 31.0 Å². The number of ether oxygens (including phenoxy) is 4. The third kappa shape index (κ3) is 19.0. The van der Waals surface area contributed by atoms with E-state index in [-0.39, 0.29) is 32.0 Å². The minimum atomic E-state index is -1.59. The second-order valence-corrected chi connectivity index (χ2v) is 12.0. The van der Waals surface area contributed by atoms with Crippen LogP contribution in [0.1, 0.15) is 142 Å². The van der Waals surface area contributed by atoms with Crippen LogP contribution in [-0.2, 0) is 28.5 Å². The zero-order valence-electron chi connectivity index (χ0n) is 27.0. The van der Waals surface area contributed by atoms with E-state index >= 15 is 0 Å². The van der Waals surface area contributed by atoms with Crippen LogP contribution < -0.4 is 0 Å². The van der Waals surface area contributed by atoms with Gasteiger partial charge >= 0.3 is 11.9 Å². The summed E-state index contributed by atoms with van der Waals surface area (Å²) >= 11 is 0. The van der Waals surface area contributed by atoms with E-state index in [0.717, 1.165) is 38.5 Å². The summed E-state index contributed by atoms with van der Waals surface area (Å²) in [5, 5.41) is 39.7. The average molecular weight is 619 g/mol. The second kappa shape index (κ2) is 26.0. The van der Waals surface area contributed by atoms with Crippen LogP contribution in [0, 0.1) is 0 Å². The number of carbonyl (C=O) groups excluding carboxylic acids is 2. The maximum atomic E-state index is 12.6. The zero-order chi connectivity index (χ0) is 31.7. The molecule has 4 N–H and O–H groups in total. The lowest BCUT2D eigenvalue weighted by molar-refractivity contribution is -0.305. The number of unbranched alkanes of at least 4 members (excludes halogenated alkanes) is 16. The highest BCUT2D eigenvalue weighted by Gasteiger charge is 2.44. The zero-order valence-corrected chi connectivity index (χ0v) is 27.0. The maximum absolute atomic E-state index is 12.6. The Morgan fingerprint density at radius 3 is 1.58 bits per heavy atom. The molecule has 0 saturated carbocycles. The highest BCUT2D eigenvalue weighted by molar-refractivity contribution is 5.70. The lowest BCUT2D eigenvalue weighted by Crippen LogP contribution is -2.59. The first kappa shape index (κ1) is 39.7. The van der Waals surface area contributed by atoms with Crippen molar-refractivity contribution >= 4 is 11.9 Å². The largest absolute Gasteiger partial charge is 0.462 e. The molecule has 0 amide bonds. The van der Waals surface area contributed by atoms with Crippen LogP contribution in [0.15, 0.2) is 0 Å². The van der Waals surface area contributed by atoms with Crippen molar-refractivity contribution in [1.82, 2.24) is 0 Å². The van der Waals surface area contributed by atoms with Crippen molar-refractivity contribution in [1.29, 1.82) is 0 Å². The van der Waals surface area contributed by atoms with Crippen LogP contribution in [0.5, 0.6) is 0 Å². The summed E-state index contributed by atoms with van der Waals surface area (Å²) < 4.78 is 21.9. The summed E-state index contributed by atoms with van der Waals surface area (Å²) in [6.07, 6.45) is 12.8. The molecule has 1 heterocycles. The number of aliphatic hydroxyl groups is 4. The molecule has 0 aromatic rings. The predicted octanol–water partition coefficient (Wildman–Crippen LogP) is 5.10. The summed E-state index contributed by atoms with van der Waals surface area (Å²) in [7, 11) is 0. The van der Waals surface area contributed by atoms with E-state index in [1.807, 2.05) is 0 Å². The van der Waals surface area contributed by atoms with Gasteiger partial charge in [-0.15, -0.1) is 0 Å². The lowest BCUT2D eigenvalue weighted by Gasteiger charge is -2.39. The maximum Gasteiger partial charge on any atom is 0.306 e. The molecule has 0 aromatic heterocycles. The molecule has 6 atom stereocenters. The van der Waals surface area contributed by atoms with Crippen LogP contribution in [0.4, 0.5) is 0 Å². The Bertz CT molecular complexity index is 689. The van der Waals surface area contributed by atoms with E-state index in [0.29, 0.717) is 6.42 Å². The fraction of sp³-hybridized carbons (Fsp3) is 0.939. The molecule has 1 saturated heterocycles. The Labute approximate surface area is 259 Å². The molecular weight excluding hydrogens is 556 g/mol. The molecule has 0 radical (unpaired) electrons. The Morgan fingerprint density at radius 2 is 1.09 bits per heavy atom. The molecule has 1 fully saturated rings. The number of esters is 2. The molecule has 43 heavy (non-hydrogen) atoms. The van der Waals surface area contributed by atoms with Gasteiger partial charge in [-0.05, 0) is 12.8 Å². The molecule has 0 bridgehead atoms. The van der Waals surface area contributed by atoms with Gasteiger partial charge in [-0.25, -0.2) is 0 Å². The normalized spacial score (nSPS) is 22.8. The Hall–Kier alpha value is -1.30. The van der Waals surface area contributed by atoms with Gasteiger partial charge in [0.2, 0.25) is 0 Å². The molecule has 1 aliphatic rings. The topological polar surface area (TPSA) is 152 Å². The van der Waals surface area contributed by atoms with Gasteiger partial charge in [0, 0.05) is 12.8 Å². The number of aliphatic hydroxyl groups excluding tert-OH is 4. The monoisotopic (exact) mass is 618 g/mol. The van der Waals surface area contributed by atoms with Crippen LogP contribution in [0.3, 0.4) is 0 Å². The first-order valence-corrected chi connectivity index (χ1v) is 17.1. The standard InChI is InChI=1S/C33H62O10/c1-3-5-7-9-11-13-15-17-19-21-28(35)40-24-26(25-41-33-32(39)31(38)30(37)27(23-34)43-33)42-29(36)22-20-18-16-14-12-10-8-6-4-2/h26-27,30-34,37-39H,3-25H2,1-2H3/t26?,27-,30-,31+,32-,33-/m1/s1. The van der Waals surface area contributed by atoms with Crippen LogP contribution in [0.2, 0.25) is 0 Å². The fourth-order valence-electron chi connectivity index (χ4n) is 5.19. The van der Waals surface area contributed by atoms with E-state index in [2.05, 4.69) is 13.8 Å². The Balaban J connectivity index is 2.46. The Morgan fingerprint density at radius 1 is 0.628 bits per heavy atom. The van der Waals surface area contributed by atoms with Crippen molar-refractivity contribution in [3.05, 3.63) is 0 Å². The molecule has 0 aliphatic carbocycles. The van der Waals surface area contributed by atoms with Crippen molar-refractivity contribution in [3.63, 3.8) is 0 Å². The number of hydrogen-bond acceptors (Lipinski definition) is 10. The molecular formula is C33H62O10. The number of carbonyl (C=O) groups is 2. The molecule has 10 nitrogen and oxygen atoms in total. The predicted molar refractivity (Wildman–Crippen MR) is 164 cm³/mol. The van der Waals surface area contributed by atoms with Crippen LogP contribution >= 0.6 is 0 Å². The summed E-state index contributed by atoms with van der Waals surface area (Å²) in [5.41, 5.74) is 0. The van der Waals surface area contributed by atoms with E-state index in [1.165, 1.54) is 70.6 Å². The first-order valence-electron chi connectivity index (χ1n) is 17.1. The lowest BCUT2D eigenvalue weighted by atomic mass is 9.99. The van der Waals surface area contributed by atoms with Crippen LogP contribution in [-0.4, -0.2) is 89.0 Å². The van der Waals surface area contributed by atoms with Gasteiger partial charge in [0.15, 0.2) is 12.4 Å². The minimum absolute atomic E-state index is 0.211. The fourth-order valence-corrected chi connectivity index (χ4v) is 5.19. The molecule has 0 spiro atoms. The van der Waals surface area contributed by atoms with E-state index in [9.17, 15) is 30.0 Å². The average Bonchev–Trinajstić information content (AvgIpc) is 3.00. The van der Waals surface area contributed by atoms with Crippen molar-refractivity contribution < 1.29 is 49.0 Å². The highest BCUT2D eigenvalue weighted by atomic mass is 16.7. The molecule has 0 aromatic carbocycles. The Kier molecular flexibility index (Phi) is 24.0. The van der Waals surface area contributed by atoms with Gasteiger partial charge in [-0.2, -0.15) is 0 Å². The summed E-state index contributed by atoms with van der Waals surface area (Å²) in [4.78, 5) is 24.9. The second-order valence-electron chi connectivity index (χ2n) is 12.0. The first-order chi connectivity index (χ1) is 20.8. The molecule has 10 heteroatoms. The third-order valence-corrected chi connectivity index (χ3v) is 7.99. The molecule has 1 aliphatic heterocycles. The van der Waals surface area contributed by atoms with Gasteiger partial charge in [-0.1, -0.05) is 117 Å². The van der Waals surface area contributed by atoms with Gasteiger partial charge in [0.05, 0.1) is 13.2 Å². The van der Waals surface area contributed by atoms with E-state index < -0.39 is 49.4 Å². The quantitative estimate of drug-likeness (QED) is 0.0723. The molecule has 254 valence electrons. The number of rotatable bonds is 27. The smallest absolute Gasteiger partial charge is 0.306 e. The van der Waals surface area contributed by atoms with Gasteiger partial charge in [0.25, 0.3) is 0 Å². The van der Waals surface area contributed by atoms with Gasteiger partial charge in [-0.3, -0.25) is 9.59 Å². The SMILES string of the molecule is CCCCCCCCCCCC(=O)OCC(CO[C@@H]1O[C@H](CO)[C@@H](O)[C@H](O)[C@H]1O)OC(=O)CCCCCCCCCCC.